The molecule has 0 saturated carbocycles. The van der Waals surface area contributed by atoms with Gasteiger partial charge in [-0.15, -0.1) is 0 Å². The molecule has 0 aliphatic rings. The van der Waals surface area contributed by atoms with E-state index in [0.717, 1.165) is 5.56 Å². The molecule has 0 radical (unpaired) electrons. The maximum Gasteiger partial charge on any atom is 0.301 e. The summed E-state index contributed by atoms with van der Waals surface area (Å²) in [4.78, 5) is 0. The van der Waals surface area contributed by atoms with Gasteiger partial charge in [-0.05, 0) is 24.6 Å². The summed E-state index contributed by atoms with van der Waals surface area (Å²) >= 11 is 0. The SMILES string of the molecule is CCN(CC)S(=O)(=O)Nc1cc(N)ccc1C. The molecule has 17 heavy (non-hydrogen) atoms. The average Bonchev–Trinajstić information content (AvgIpc) is 2.24. The van der Waals surface area contributed by atoms with Crippen LogP contribution in [0.15, 0.2) is 18.2 Å². The van der Waals surface area contributed by atoms with Crippen LogP contribution in [0.25, 0.3) is 0 Å². The Morgan fingerprint density at radius 2 is 1.88 bits per heavy atom. The van der Waals surface area contributed by atoms with Crippen molar-refractivity contribution in [2.45, 2.75) is 20.8 Å². The normalized spacial score (nSPS) is 11.8. The van der Waals surface area contributed by atoms with Crippen molar-refractivity contribution >= 4 is 21.6 Å². The van der Waals surface area contributed by atoms with E-state index in [9.17, 15) is 8.42 Å². The third-order valence-corrected chi connectivity index (χ3v) is 4.22. The fourth-order valence-electron chi connectivity index (χ4n) is 1.52. The van der Waals surface area contributed by atoms with Crippen molar-refractivity contribution in [3.63, 3.8) is 0 Å². The van der Waals surface area contributed by atoms with Crippen LogP contribution in [0.3, 0.4) is 0 Å². The lowest BCUT2D eigenvalue weighted by molar-refractivity contribution is 0.449. The third kappa shape index (κ3) is 3.34. The van der Waals surface area contributed by atoms with Gasteiger partial charge in [0.2, 0.25) is 0 Å². The monoisotopic (exact) mass is 257 g/mol. The van der Waals surface area contributed by atoms with E-state index in [0.29, 0.717) is 24.5 Å². The first-order valence-corrected chi connectivity index (χ1v) is 6.98. The summed E-state index contributed by atoms with van der Waals surface area (Å²) in [5.41, 5.74) is 7.54. The van der Waals surface area contributed by atoms with E-state index in [-0.39, 0.29) is 0 Å². The summed E-state index contributed by atoms with van der Waals surface area (Å²) < 4.78 is 27.9. The van der Waals surface area contributed by atoms with E-state index >= 15 is 0 Å². The highest BCUT2D eigenvalue weighted by molar-refractivity contribution is 7.90. The minimum Gasteiger partial charge on any atom is -0.399 e. The number of nitrogen functional groups attached to an aromatic ring is 1. The molecule has 0 amide bonds. The molecule has 3 N–H and O–H groups in total. The summed E-state index contributed by atoms with van der Waals surface area (Å²) in [5.74, 6) is 0. The molecule has 6 heteroatoms. The summed E-state index contributed by atoms with van der Waals surface area (Å²) in [5, 5.41) is 0. The van der Waals surface area contributed by atoms with Gasteiger partial charge in [0.15, 0.2) is 0 Å². The molecule has 0 fully saturated rings. The van der Waals surface area contributed by atoms with Crippen molar-refractivity contribution in [1.82, 2.24) is 4.31 Å². The van der Waals surface area contributed by atoms with Crippen molar-refractivity contribution in [1.29, 1.82) is 0 Å². The van der Waals surface area contributed by atoms with Crippen molar-refractivity contribution in [2.75, 3.05) is 23.5 Å². The van der Waals surface area contributed by atoms with E-state index in [2.05, 4.69) is 4.72 Å². The van der Waals surface area contributed by atoms with Gasteiger partial charge in [-0.3, -0.25) is 4.72 Å². The quantitative estimate of drug-likeness (QED) is 0.786. The van der Waals surface area contributed by atoms with E-state index in [1.807, 2.05) is 6.92 Å². The number of hydrogen-bond donors (Lipinski definition) is 2. The Morgan fingerprint density at radius 1 is 1.29 bits per heavy atom. The van der Waals surface area contributed by atoms with Crippen LogP contribution in [0.2, 0.25) is 0 Å². The molecule has 1 aromatic rings. The first kappa shape index (κ1) is 13.8. The first-order valence-electron chi connectivity index (χ1n) is 5.54. The highest BCUT2D eigenvalue weighted by atomic mass is 32.2. The zero-order chi connectivity index (χ0) is 13.1. The van der Waals surface area contributed by atoms with Gasteiger partial charge >= 0.3 is 10.2 Å². The highest BCUT2D eigenvalue weighted by Crippen LogP contribution is 2.20. The first-order chi connectivity index (χ1) is 7.90. The van der Waals surface area contributed by atoms with Crippen molar-refractivity contribution in [2.24, 2.45) is 0 Å². The van der Waals surface area contributed by atoms with Crippen LogP contribution in [-0.2, 0) is 10.2 Å². The number of rotatable bonds is 5. The number of anilines is 2. The summed E-state index contributed by atoms with van der Waals surface area (Å²) in [6.45, 7) is 6.31. The molecule has 0 aliphatic carbocycles. The van der Waals surface area contributed by atoms with Crippen LogP contribution in [0.1, 0.15) is 19.4 Å². The molecule has 0 aliphatic heterocycles. The van der Waals surface area contributed by atoms with Gasteiger partial charge in [0.1, 0.15) is 0 Å². The fraction of sp³-hybridized carbons (Fsp3) is 0.455. The number of benzene rings is 1. The zero-order valence-electron chi connectivity index (χ0n) is 10.4. The Morgan fingerprint density at radius 3 is 2.41 bits per heavy atom. The largest absolute Gasteiger partial charge is 0.399 e. The Balaban J connectivity index is 3.01. The molecule has 0 heterocycles. The van der Waals surface area contributed by atoms with Gasteiger partial charge in [-0.1, -0.05) is 19.9 Å². The van der Waals surface area contributed by atoms with Gasteiger partial charge < -0.3 is 5.73 Å². The van der Waals surface area contributed by atoms with E-state index in [1.165, 1.54) is 4.31 Å². The van der Waals surface area contributed by atoms with Crippen molar-refractivity contribution < 1.29 is 8.42 Å². The standard InChI is InChI=1S/C11H19N3O2S/c1-4-14(5-2)17(15,16)13-11-8-10(12)7-6-9(11)3/h6-8,13H,4-5,12H2,1-3H3. The van der Waals surface area contributed by atoms with Crippen LogP contribution in [0.4, 0.5) is 11.4 Å². The molecular weight excluding hydrogens is 238 g/mol. The second kappa shape index (κ2) is 5.37. The summed E-state index contributed by atoms with van der Waals surface area (Å²) in [6.07, 6.45) is 0. The van der Waals surface area contributed by atoms with Crippen LogP contribution >= 0.6 is 0 Å². The van der Waals surface area contributed by atoms with Crippen LogP contribution in [-0.4, -0.2) is 25.8 Å². The second-order valence-electron chi connectivity index (χ2n) is 3.77. The van der Waals surface area contributed by atoms with Gasteiger partial charge in [-0.25, -0.2) is 0 Å². The van der Waals surface area contributed by atoms with Gasteiger partial charge in [0, 0.05) is 18.8 Å². The molecule has 96 valence electrons. The molecule has 0 atom stereocenters. The van der Waals surface area contributed by atoms with Gasteiger partial charge in [0.05, 0.1) is 5.69 Å². The maximum atomic E-state index is 12.0. The predicted octanol–water partition coefficient (Wildman–Crippen LogP) is 1.58. The van der Waals surface area contributed by atoms with Crippen LogP contribution < -0.4 is 10.5 Å². The van der Waals surface area contributed by atoms with Gasteiger partial charge in [-0.2, -0.15) is 12.7 Å². The molecular formula is C11H19N3O2S. The third-order valence-electron chi connectivity index (χ3n) is 2.55. The van der Waals surface area contributed by atoms with Crippen LogP contribution in [0, 0.1) is 6.92 Å². The summed E-state index contributed by atoms with van der Waals surface area (Å²) in [7, 11) is -3.49. The van der Waals surface area contributed by atoms with Crippen LogP contribution in [0.5, 0.6) is 0 Å². The highest BCUT2D eigenvalue weighted by Gasteiger charge is 2.18. The Kier molecular flexibility index (Phi) is 4.36. The topological polar surface area (TPSA) is 75.4 Å². The maximum absolute atomic E-state index is 12.0. The second-order valence-corrected chi connectivity index (χ2v) is 5.44. The Labute approximate surface area is 103 Å². The molecule has 0 saturated heterocycles. The lowest BCUT2D eigenvalue weighted by Crippen LogP contribution is -2.35. The smallest absolute Gasteiger partial charge is 0.301 e. The van der Waals surface area contributed by atoms with E-state index in [1.54, 1.807) is 32.0 Å². The Hall–Kier alpha value is -1.27. The van der Waals surface area contributed by atoms with E-state index in [4.69, 9.17) is 5.73 Å². The molecule has 0 bridgehead atoms. The van der Waals surface area contributed by atoms with Crippen molar-refractivity contribution in [3.8, 4) is 0 Å². The summed E-state index contributed by atoms with van der Waals surface area (Å²) in [6, 6.07) is 5.15. The average molecular weight is 257 g/mol. The number of nitrogens with one attached hydrogen (secondary N) is 1. The van der Waals surface area contributed by atoms with Crippen molar-refractivity contribution in [3.05, 3.63) is 23.8 Å². The molecule has 0 aromatic heterocycles. The zero-order valence-corrected chi connectivity index (χ0v) is 11.2. The minimum atomic E-state index is -3.49. The molecule has 0 unspecified atom stereocenters. The molecule has 1 aromatic carbocycles. The number of aryl methyl sites for hydroxylation is 1. The number of nitrogens with zero attached hydrogens (tertiary/aromatic N) is 1. The number of nitrogens with two attached hydrogens (primary N) is 1. The Bertz CT molecular complexity index is 481. The molecule has 1 rings (SSSR count). The van der Waals surface area contributed by atoms with E-state index < -0.39 is 10.2 Å². The lowest BCUT2D eigenvalue weighted by Gasteiger charge is -2.20. The molecule has 0 spiro atoms. The van der Waals surface area contributed by atoms with Gasteiger partial charge in [0.25, 0.3) is 0 Å². The fourth-order valence-corrected chi connectivity index (χ4v) is 2.82. The number of hydrogen-bond acceptors (Lipinski definition) is 3. The minimum absolute atomic E-state index is 0.438. The lowest BCUT2D eigenvalue weighted by atomic mass is 10.2. The predicted molar refractivity (Wildman–Crippen MR) is 71.1 cm³/mol. The molecule has 5 nitrogen and oxygen atoms in total.